The lowest BCUT2D eigenvalue weighted by Crippen LogP contribution is -1.92. The van der Waals surface area contributed by atoms with Gasteiger partial charge in [0.1, 0.15) is 0 Å². The van der Waals surface area contributed by atoms with Gasteiger partial charge in [-0.25, -0.2) is 0 Å². The second-order valence-corrected chi connectivity index (χ2v) is 6.09. The van der Waals surface area contributed by atoms with Crippen LogP contribution in [-0.2, 0) is 9.53 Å². The van der Waals surface area contributed by atoms with E-state index in [1.807, 2.05) is 12.2 Å². The first-order valence-electron chi connectivity index (χ1n) is 9.36. The molecule has 1 fully saturated rings. The van der Waals surface area contributed by atoms with Crippen LogP contribution in [0.25, 0.3) is 0 Å². The molecule has 2 atom stereocenters. The smallest absolute Gasteiger partial charge is 0.303 e. The molecule has 1 aliphatic heterocycles. The number of carboxylic acid groups (broad SMARTS) is 1. The number of carboxylic acids is 1. The van der Waals surface area contributed by atoms with Gasteiger partial charge in [-0.15, -0.1) is 0 Å². The predicted octanol–water partition coefficient (Wildman–Crippen LogP) is 5.76. The van der Waals surface area contributed by atoms with Crippen LogP contribution in [0, 0.1) is 0 Å². The highest BCUT2D eigenvalue weighted by atomic mass is 16.6. The molecule has 25 heavy (non-hydrogen) atoms. The van der Waals surface area contributed by atoms with Gasteiger partial charge in [0.2, 0.25) is 0 Å². The molecule has 0 aromatic heterocycles. The highest BCUT2D eigenvalue weighted by molar-refractivity contribution is 5.66. The van der Waals surface area contributed by atoms with Crippen molar-refractivity contribution in [1.82, 2.24) is 0 Å². The SMILES string of the molecule is CCC=CCC=CCC=CCC=CCC1OC1CC=CCCC(=O)O. The Morgan fingerprint density at radius 1 is 0.800 bits per heavy atom. The highest BCUT2D eigenvalue weighted by Crippen LogP contribution is 2.29. The summed E-state index contributed by atoms with van der Waals surface area (Å²) < 4.78 is 5.59. The molecule has 0 radical (unpaired) electrons. The van der Waals surface area contributed by atoms with Crippen LogP contribution < -0.4 is 0 Å². The van der Waals surface area contributed by atoms with E-state index in [4.69, 9.17) is 9.84 Å². The topological polar surface area (TPSA) is 49.8 Å². The number of allylic oxidation sites excluding steroid dienone is 8. The van der Waals surface area contributed by atoms with Crippen LogP contribution in [-0.4, -0.2) is 23.3 Å². The van der Waals surface area contributed by atoms with Crippen molar-refractivity contribution in [3.05, 3.63) is 60.8 Å². The van der Waals surface area contributed by atoms with E-state index < -0.39 is 5.97 Å². The summed E-state index contributed by atoms with van der Waals surface area (Å²) in [6.45, 7) is 2.15. The van der Waals surface area contributed by atoms with Crippen molar-refractivity contribution in [2.45, 2.75) is 70.5 Å². The van der Waals surface area contributed by atoms with Gasteiger partial charge >= 0.3 is 5.97 Å². The largest absolute Gasteiger partial charge is 0.481 e. The van der Waals surface area contributed by atoms with E-state index in [1.54, 1.807) is 0 Å². The van der Waals surface area contributed by atoms with Gasteiger partial charge in [-0.2, -0.15) is 0 Å². The van der Waals surface area contributed by atoms with Crippen LogP contribution in [0.3, 0.4) is 0 Å². The Labute approximate surface area is 152 Å². The van der Waals surface area contributed by atoms with Crippen molar-refractivity contribution >= 4 is 5.97 Å². The quantitative estimate of drug-likeness (QED) is 0.322. The number of carbonyl (C=O) groups is 1. The summed E-state index contributed by atoms with van der Waals surface area (Å²) in [5, 5.41) is 8.54. The Kier molecular flexibility index (Phi) is 12.3. The van der Waals surface area contributed by atoms with Crippen molar-refractivity contribution in [3.63, 3.8) is 0 Å². The zero-order valence-electron chi connectivity index (χ0n) is 15.3. The van der Waals surface area contributed by atoms with E-state index in [1.165, 1.54) is 0 Å². The number of rotatable bonds is 14. The first-order chi connectivity index (χ1) is 12.2. The summed E-state index contributed by atoms with van der Waals surface area (Å²) in [5.41, 5.74) is 0. The Balaban J connectivity index is 1.96. The summed E-state index contributed by atoms with van der Waals surface area (Å²) in [6, 6.07) is 0. The summed E-state index contributed by atoms with van der Waals surface area (Å²) >= 11 is 0. The van der Waals surface area contributed by atoms with Crippen LogP contribution in [0.5, 0.6) is 0 Å². The monoisotopic (exact) mass is 344 g/mol. The van der Waals surface area contributed by atoms with Gasteiger partial charge in [-0.3, -0.25) is 4.79 Å². The van der Waals surface area contributed by atoms with Gasteiger partial charge < -0.3 is 9.84 Å². The molecule has 0 aliphatic carbocycles. The van der Waals surface area contributed by atoms with E-state index in [9.17, 15) is 4.79 Å². The molecule has 3 heteroatoms. The van der Waals surface area contributed by atoms with E-state index in [-0.39, 0.29) is 6.42 Å². The molecule has 3 nitrogen and oxygen atoms in total. The average Bonchev–Trinajstić information content (AvgIpc) is 3.33. The second kappa shape index (κ2) is 14.5. The van der Waals surface area contributed by atoms with Crippen LogP contribution >= 0.6 is 0 Å². The molecule has 0 saturated carbocycles. The Morgan fingerprint density at radius 2 is 1.28 bits per heavy atom. The van der Waals surface area contributed by atoms with Crippen molar-refractivity contribution < 1.29 is 14.6 Å². The maximum absolute atomic E-state index is 10.4. The van der Waals surface area contributed by atoms with Gasteiger partial charge in [0.05, 0.1) is 12.2 Å². The maximum Gasteiger partial charge on any atom is 0.303 e. The van der Waals surface area contributed by atoms with E-state index >= 15 is 0 Å². The third kappa shape index (κ3) is 13.1. The molecule has 1 rings (SSSR count). The summed E-state index contributed by atoms with van der Waals surface area (Å²) in [4.78, 5) is 10.4. The molecule has 138 valence electrons. The lowest BCUT2D eigenvalue weighted by Gasteiger charge is -1.89. The minimum absolute atomic E-state index is 0.202. The lowest BCUT2D eigenvalue weighted by molar-refractivity contribution is -0.136. The molecule has 1 heterocycles. The maximum atomic E-state index is 10.4. The van der Waals surface area contributed by atoms with Crippen LogP contribution in [0.4, 0.5) is 0 Å². The molecule has 0 amide bonds. The molecular weight excluding hydrogens is 312 g/mol. The zero-order valence-corrected chi connectivity index (χ0v) is 15.3. The van der Waals surface area contributed by atoms with Crippen LogP contribution in [0.1, 0.15) is 58.3 Å². The van der Waals surface area contributed by atoms with Gasteiger partial charge in [-0.1, -0.05) is 67.7 Å². The molecule has 0 aromatic rings. The van der Waals surface area contributed by atoms with Crippen LogP contribution in [0.2, 0.25) is 0 Å². The first kappa shape index (κ1) is 21.2. The van der Waals surface area contributed by atoms with Crippen molar-refractivity contribution in [2.75, 3.05) is 0 Å². The molecule has 1 N–H and O–H groups in total. The fourth-order valence-corrected chi connectivity index (χ4v) is 2.36. The molecule has 0 spiro atoms. The average molecular weight is 344 g/mol. The lowest BCUT2D eigenvalue weighted by atomic mass is 10.1. The fraction of sp³-hybridized carbons (Fsp3) is 0.500. The third-order valence-electron chi connectivity index (χ3n) is 3.83. The van der Waals surface area contributed by atoms with E-state index in [0.29, 0.717) is 18.6 Å². The van der Waals surface area contributed by atoms with Crippen molar-refractivity contribution in [3.8, 4) is 0 Å². The zero-order chi connectivity index (χ0) is 18.2. The standard InChI is InChI=1S/C22H32O3/c1-2-3-4-5-6-7-8-9-10-11-12-14-17-20-21(25-20)18-15-13-16-19-22(23)24/h3-4,6-7,9-10,12-15,20-21H,2,5,8,11,16-19H2,1H3,(H,23,24). The Bertz CT molecular complexity index is 497. The van der Waals surface area contributed by atoms with Gasteiger partial charge in [0.25, 0.3) is 0 Å². The number of hydrogen-bond acceptors (Lipinski definition) is 2. The van der Waals surface area contributed by atoms with Crippen molar-refractivity contribution in [1.29, 1.82) is 0 Å². The fourth-order valence-electron chi connectivity index (χ4n) is 2.36. The molecule has 0 bridgehead atoms. The van der Waals surface area contributed by atoms with Gasteiger partial charge in [0, 0.05) is 6.42 Å². The Morgan fingerprint density at radius 3 is 1.80 bits per heavy atom. The summed E-state index contributed by atoms with van der Waals surface area (Å²) in [7, 11) is 0. The first-order valence-corrected chi connectivity index (χ1v) is 9.36. The van der Waals surface area contributed by atoms with E-state index in [0.717, 1.165) is 38.5 Å². The molecule has 2 unspecified atom stereocenters. The molecule has 1 aliphatic rings. The number of epoxide rings is 1. The number of ether oxygens (including phenoxy) is 1. The third-order valence-corrected chi connectivity index (χ3v) is 3.83. The molecular formula is C22H32O3. The van der Waals surface area contributed by atoms with Gasteiger partial charge in [-0.05, 0) is 44.9 Å². The van der Waals surface area contributed by atoms with Gasteiger partial charge in [0.15, 0.2) is 0 Å². The normalized spacial score (nSPS) is 20.8. The van der Waals surface area contributed by atoms with Crippen molar-refractivity contribution in [2.24, 2.45) is 0 Å². The van der Waals surface area contributed by atoms with Crippen LogP contribution in [0.15, 0.2) is 60.8 Å². The van der Waals surface area contributed by atoms with E-state index in [2.05, 4.69) is 55.5 Å². The molecule has 1 saturated heterocycles. The minimum atomic E-state index is -0.746. The summed E-state index contributed by atoms with van der Waals surface area (Å²) in [6.07, 6.45) is 28.9. The number of hydrogen-bond donors (Lipinski definition) is 1. The molecule has 0 aromatic carbocycles. The summed E-state index contributed by atoms with van der Waals surface area (Å²) in [5.74, 6) is -0.746. The minimum Gasteiger partial charge on any atom is -0.481 e. The highest BCUT2D eigenvalue weighted by Gasteiger charge is 2.35. The number of aliphatic carboxylic acids is 1. The predicted molar refractivity (Wildman–Crippen MR) is 105 cm³/mol. The second-order valence-electron chi connectivity index (χ2n) is 6.09. The Hall–Kier alpha value is -1.87.